The van der Waals surface area contributed by atoms with Crippen molar-refractivity contribution in [2.24, 2.45) is 0 Å². The van der Waals surface area contributed by atoms with E-state index in [-0.39, 0.29) is 24.0 Å². The van der Waals surface area contributed by atoms with E-state index < -0.39 is 0 Å². The van der Waals surface area contributed by atoms with Crippen molar-refractivity contribution in [2.45, 2.75) is 32.4 Å². The number of aromatic nitrogens is 2. The van der Waals surface area contributed by atoms with E-state index >= 15 is 0 Å². The molecule has 1 unspecified atom stereocenters. The molecule has 3 aromatic rings. The Morgan fingerprint density at radius 2 is 2.11 bits per heavy atom. The molecule has 0 amide bonds. The van der Waals surface area contributed by atoms with E-state index in [0.717, 1.165) is 24.1 Å². The Kier molecular flexibility index (Phi) is 4.43. The quantitative estimate of drug-likeness (QED) is 0.703. The lowest BCUT2D eigenvalue weighted by Crippen LogP contribution is -2.27. The zero-order valence-corrected chi connectivity index (χ0v) is 15.2. The van der Waals surface area contributed by atoms with E-state index in [1.165, 1.54) is 11.1 Å². The normalized spacial score (nSPS) is 15.5. The molecule has 1 aromatic heterocycles. The van der Waals surface area contributed by atoms with Crippen LogP contribution in [0.15, 0.2) is 41.2 Å². The summed E-state index contributed by atoms with van der Waals surface area (Å²) in [7, 11) is 0. The average molecular weight is 359 g/mol. The summed E-state index contributed by atoms with van der Waals surface area (Å²) >= 11 is 0. The summed E-state index contributed by atoms with van der Waals surface area (Å²) in [5.74, 6) is 3.06. The van der Waals surface area contributed by atoms with Crippen LogP contribution in [0.5, 0.6) is 0 Å². The van der Waals surface area contributed by atoms with E-state index in [0.29, 0.717) is 17.4 Å². The number of aliphatic hydroxyl groups is 1. The summed E-state index contributed by atoms with van der Waals surface area (Å²) < 4.78 is 0. The summed E-state index contributed by atoms with van der Waals surface area (Å²) in [5, 5.41) is 9.82. The van der Waals surface area contributed by atoms with Crippen LogP contribution in [0, 0.1) is 19.3 Å². The van der Waals surface area contributed by atoms with Crippen molar-refractivity contribution in [3.8, 4) is 12.3 Å². The maximum atomic E-state index is 12.4. The lowest BCUT2D eigenvalue weighted by molar-refractivity contribution is 0.271. The Morgan fingerprint density at radius 3 is 2.81 bits per heavy atom. The van der Waals surface area contributed by atoms with Crippen LogP contribution in [-0.2, 0) is 13.0 Å². The number of anilines is 1. The monoisotopic (exact) mass is 359 g/mol. The molecule has 5 heteroatoms. The number of hydrogen-bond acceptors (Lipinski definition) is 4. The molecule has 5 nitrogen and oxygen atoms in total. The Hall–Kier alpha value is -3.10. The van der Waals surface area contributed by atoms with Crippen molar-refractivity contribution in [1.82, 2.24) is 9.97 Å². The number of rotatable bonds is 4. The fourth-order valence-corrected chi connectivity index (χ4v) is 3.88. The van der Waals surface area contributed by atoms with Gasteiger partial charge in [-0.15, -0.1) is 6.42 Å². The second-order valence-corrected chi connectivity index (χ2v) is 6.96. The summed E-state index contributed by atoms with van der Waals surface area (Å²) in [5.41, 5.74) is 5.00. The fourth-order valence-electron chi connectivity index (χ4n) is 3.88. The largest absolute Gasteiger partial charge is 0.388 e. The van der Waals surface area contributed by atoms with Gasteiger partial charge in [0.1, 0.15) is 12.4 Å². The maximum absolute atomic E-state index is 12.4. The van der Waals surface area contributed by atoms with Gasteiger partial charge in [-0.05, 0) is 55.2 Å². The molecule has 1 aliphatic rings. The minimum Gasteiger partial charge on any atom is -0.388 e. The van der Waals surface area contributed by atoms with Gasteiger partial charge in [0.2, 0.25) is 0 Å². The van der Waals surface area contributed by atoms with E-state index in [1.54, 1.807) is 0 Å². The molecule has 2 aromatic carbocycles. The fraction of sp³-hybridized carbons (Fsp3) is 0.273. The van der Waals surface area contributed by atoms with Crippen molar-refractivity contribution in [3.05, 3.63) is 69.3 Å². The summed E-state index contributed by atoms with van der Waals surface area (Å²) in [4.78, 5) is 21.6. The number of aryl methyl sites for hydroxylation is 2. The standard InChI is InChI=1S/C22H21N3O2/c1-3-10-25(16-7-4-14(2)5-8-16)20-9-6-15-11-19-18(12-17(15)20)22(27)24-21(13-26)23-19/h1,4-5,7-8,11-12,20,26H,6,9-10,13H2,2H3,(H,23,24,27). The maximum Gasteiger partial charge on any atom is 0.258 e. The topological polar surface area (TPSA) is 69.2 Å². The highest BCUT2D eigenvalue weighted by Gasteiger charge is 2.29. The lowest BCUT2D eigenvalue weighted by Gasteiger charge is -2.30. The Bertz CT molecular complexity index is 1090. The van der Waals surface area contributed by atoms with Gasteiger partial charge < -0.3 is 15.0 Å². The van der Waals surface area contributed by atoms with Gasteiger partial charge >= 0.3 is 0 Å². The molecule has 0 radical (unpaired) electrons. The van der Waals surface area contributed by atoms with E-state index in [2.05, 4.69) is 52.0 Å². The first-order chi connectivity index (χ1) is 13.1. The Labute approximate surface area is 157 Å². The highest BCUT2D eigenvalue weighted by atomic mass is 16.3. The zero-order chi connectivity index (χ0) is 19.0. The van der Waals surface area contributed by atoms with Crippen molar-refractivity contribution >= 4 is 16.6 Å². The second kappa shape index (κ2) is 6.90. The number of benzene rings is 2. The zero-order valence-electron chi connectivity index (χ0n) is 15.2. The molecule has 0 saturated carbocycles. The molecule has 4 rings (SSSR count). The second-order valence-electron chi connectivity index (χ2n) is 6.96. The first-order valence-corrected chi connectivity index (χ1v) is 9.04. The predicted octanol–water partition coefficient (Wildman–Crippen LogP) is 2.85. The SMILES string of the molecule is C#CCN(c1ccc(C)cc1)C1CCc2cc3nc(CO)[nH]c(=O)c3cc21. The minimum absolute atomic E-state index is 0.125. The number of aliphatic hydroxyl groups excluding tert-OH is 1. The van der Waals surface area contributed by atoms with Gasteiger partial charge in [0.05, 0.1) is 23.5 Å². The van der Waals surface area contributed by atoms with E-state index in [1.807, 2.05) is 12.1 Å². The van der Waals surface area contributed by atoms with Crippen LogP contribution in [0.1, 0.15) is 35.0 Å². The molecule has 1 aliphatic carbocycles. The lowest BCUT2D eigenvalue weighted by atomic mass is 10.0. The summed E-state index contributed by atoms with van der Waals surface area (Å²) in [6.45, 7) is 2.28. The molecule has 0 saturated heterocycles. The molecular formula is C22H21N3O2. The highest BCUT2D eigenvalue weighted by Crippen LogP contribution is 2.39. The van der Waals surface area contributed by atoms with Gasteiger partial charge in [0, 0.05) is 5.69 Å². The number of terminal acetylenes is 1. The molecule has 1 atom stereocenters. The van der Waals surface area contributed by atoms with Crippen LogP contribution in [0.4, 0.5) is 5.69 Å². The van der Waals surface area contributed by atoms with Gasteiger partial charge in [-0.1, -0.05) is 23.6 Å². The van der Waals surface area contributed by atoms with Crippen LogP contribution >= 0.6 is 0 Å². The van der Waals surface area contributed by atoms with E-state index in [9.17, 15) is 9.90 Å². The van der Waals surface area contributed by atoms with Crippen molar-refractivity contribution in [3.63, 3.8) is 0 Å². The smallest absolute Gasteiger partial charge is 0.258 e. The van der Waals surface area contributed by atoms with Crippen LogP contribution in [0.3, 0.4) is 0 Å². The molecule has 1 heterocycles. The summed E-state index contributed by atoms with van der Waals surface area (Å²) in [6.07, 6.45) is 7.50. The average Bonchev–Trinajstić information content (AvgIpc) is 3.08. The number of H-pyrrole nitrogens is 1. The van der Waals surface area contributed by atoms with Gasteiger partial charge in [-0.3, -0.25) is 4.79 Å². The third kappa shape index (κ3) is 3.09. The molecule has 136 valence electrons. The van der Waals surface area contributed by atoms with E-state index in [4.69, 9.17) is 6.42 Å². The molecular weight excluding hydrogens is 338 g/mol. The molecule has 0 spiro atoms. The first-order valence-electron chi connectivity index (χ1n) is 9.04. The summed E-state index contributed by atoms with van der Waals surface area (Å²) in [6, 6.07) is 12.4. The molecule has 2 N–H and O–H groups in total. The highest BCUT2D eigenvalue weighted by molar-refractivity contribution is 5.80. The van der Waals surface area contributed by atoms with Crippen LogP contribution in [0.2, 0.25) is 0 Å². The number of fused-ring (bicyclic) bond motifs is 2. The number of nitrogens with zero attached hydrogens (tertiary/aromatic N) is 2. The number of aromatic amines is 1. The minimum atomic E-state index is -0.283. The Balaban J connectivity index is 1.81. The van der Waals surface area contributed by atoms with Crippen molar-refractivity contribution in [1.29, 1.82) is 0 Å². The predicted molar refractivity (Wildman–Crippen MR) is 107 cm³/mol. The third-order valence-corrected chi connectivity index (χ3v) is 5.21. The third-order valence-electron chi connectivity index (χ3n) is 5.21. The first kappa shape index (κ1) is 17.3. The number of nitrogens with one attached hydrogen (secondary N) is 1. The molecule has 0 bridgehead atoms. The van der Waals surface area contributed by atoms with Crippen molar-refractivity contribution < 1.29 is 5.11 Å². The molecule has 27 heavy (non-hydrogen) atoms. The molecule has 0 aliphatic heterocycles. The van der Waals surface area contributed by atoms with Crippen LogP contribution < -0.4 is 10.5 Å². The van der Waals surface area contributed by atoms with Gasteiger partial charge in [-0.25, -0.2) is 4.98 Å². The number of hydrogen-bond donors (Lipinski definition) is 2. The molecule has 0 fully saturated rings. The Morgan fingerprint density at radius 1 is 1.33 bits per heavy atom. The van der Waals surface area contributed by atoms with Gasteiger partial charge in [0.15, 0.2) is 0 Å². The van der Waals surface area contributed by atoms with Crippen LogP contribution in [0.25, 0.3) is 10.9 Å². The van der Waals surface area contributed by atoms with Crippen molar-refractivity contribution in [2.75, 3.05) is 11.4 Å². The van der Waals surface area contributed by atoms with Crippen LogP contribution in [-0.4, -0.2) is 21.6 Å². The van der Waals surface area contributed by atoms with Gasteiger partial charge in [0.25, 0.3) is 5.56 Å². The van der Waals surface area contributed by atoms with Gasteiger partial charge in [-0.2, -0.15) is 0 Å².